The molecular weight excluding hydrogens is 416 g/mol. The summed E-state index contributed by atoms with van der Waals surface area (Å²) in [6, 6.07) is 11.4. The molecule has 0 radical (unpaired) electrons. The van der Waals surface area contributed by atoms with Crippen LogP contribution in [0.4, 0.5) is 5.82 Å². The van der Waals surface area contributed by atoms with Crippen LogP contribution in [0.1, 0.15) is 23.9 Å². The van der Waals surface area contributed by atoms with Gasteiger partial charge in [-0.25, -0.2) is 9.97 Å². The van der Waals surface area contributed by atoms with Crippen molar-refractivity contribution in [3.8, 4) is 6.07 Å². The maximum atomic E-state index is 11.6. The van der Waals surface area contributed by atoms with Crippen molar-refractivity contribution in [3.63, 3.8) is 0 Å². The Kier molecular flexibility index (Phi) is 6.55. The fraction of sp³-hybridized carbons (Fsp3) is 0.250. The Morgan fingerprint density at radius 3 is 2.73 bits per heavy atom. The minimum absolute atomic E-state index is 0.0904. The molecule has 0 saturated carbocycles. The second kappa shape index (κ2) is 9.87. The number of nitrogens with zero attached hydrogens (tertiary/aromatic N) is 8. The Hall–Kier alpha value is -4.32. The van der Waals surface area contributed by atoms with Gasteiger partial charge < -0.3 is 14.7 Å². The smallest absolute Gasteiger partial charge is 0.219 e. The SMILES string of the molecule is C=N/C=C(/c1nccc(N2CCN(C(C)=O)CC2)n1)N1C=C(c2ccccc2C#N)N=CC1. The number of rotatable bonds is 5. The van der Waals surface area contributed by atoms with Gasteiger partial charge in [-0.2, -0.15) is 5.26 Å². The molecule has 0 spiro atoms. The highest BCUT2D eigenvalue weighted by Crippen LogP contribution is 2.27. The number of carbonyl (C=O) groups excluding carboxylic acids is 1. The van der Waals surface area contributed by atoms with Crippen molar-refractivity contribution in [2.45, 2.75) is 6.92 Å². The molecule has 166 valence electrons. The molecular formula is C24H24N8O. The molecule has 2 aliphatic heterocycles. The van der Waals surface area contributed by atoms with E-state index in [-0.39, 0.29) is 5.91 Å². The molecule has 1 aromatic carbocycles. The van der Waals surface area contributed by atoms with Crippen LogP contribution in [0.2, 0.25) is 0 Å². The highest BCUT2D eigenvalue weighted by atomic mass is 16.2. The molecule has 0 aliphatic carbocycles. The third kappa shape index (κ3) is 4.80. The number of piperazine rings is 1. The van der Waals surface area contributed by atoms with E-state index in [1.54, 1.807) is 31.6 Å². The summed E-state index contributed by atoms with van der Waals surface area (Å²) in [6.07, 6.45) is 7.00. The lowest BCUT2D eigenvalue weighted by Crippen LogP contribution is -2.48. The Morgan fingerprint density at radius 2 is 2.00 bits per heavy atom. The van der Waals surface area contributed by atoms with Crippen LogP contribution in [0.15, 0.2) is 58.9 Å². The second-order valence-corrected chi connectivity index (χ2v) is 7.56. The third-order valence-electron chi connectivity index (χ3n) is 5.55. The third-order valence-corrected chi connectivity index (χ3v) is 5.55. The molecule has 0 atom stereocenters. The molecule has 1 saturated heterocycles. The van der Waals surface area contributed by atoms with Crippen molar-refractivity contribution < 1.29 is 4.79 Å². The molecule has 1 amide bonds. The van der Waals surface area contributed by atoms with E-state index in [0.717, 1.165) is 11.4 Å². The summed E-state index contributed by atoms with van der Waals surface area (Å²) in [5.41, 5.74) is 2.65. The van der Waals surface area contributed by atoms with Gasteiger partial charge in [-0.15, -0.1) is 0 Å². The summed E-state index contributed by atoms with van der Waals surface area (Å²) in [7, 11) is 0. The van der Waals surface area contributed by atoms with Crippen LogP contribution in [0.5, 0.6) is 0 Å². The Morgan fingerprint density at radius 1 is 1.21 bits per heavy atom. The number of amides is 1. The maximum Gasteiger partial charge on any atom is 0.219 e. The average molecular weight is 441 g/mol. The first kappa shape index (κ1) is 21.9. The number of benzene rings is 1. The molecule has 3 heterocycles. The summed E-state index contributed by atoms with van der Waals surface area (Å²) in [4.78, 5) is 35.3. The van der Waals surface area contributed by atoms with Gasteiger partial charge in [0.05, 0.1) is 30.1 Å². The minimum Gasteiger partial charge on any atom is -0.353 e. The molecule has 0 N–H and O–H groups in total. The van der Waals surface area contributed by atoms with Gasteiger partial charge in [0, 0.05) is 57.3 Å². The van der Waals surface area contributed by atoms with Crippen molar-refractivity contribution in [2.75, 3.05) is 37.6 Å². The zero-order chi connectivity index (χ0) is 23.2. The van der Waals surface area contributed by atoms with Crippen molar-refractivity contribution in [2.24, 2.45) is 9.98 Å². The van der Waals surface area contributed by atoms with Crippen LogP contribution < -0.4 is 4.90 Å². The number of hydrogen-bond donors (Lipinski definition) is 0. The number of hydrogen-bond acceptors (Lipinski definition) is 8. The standard InChI is InChI=1S/C24H24N8O/c1-18(33)30-11-13-31(14-12-30)23-7-8-28-24(29-23)22(16-26-2)32-10-9-27-21(17-32)20-6-4-3-5-19(20)15-25/h3-9,16-17H,2,10-14H2,1H3/b22-16-. The topological polar surface area (TPSA) is 101 Å². The first-order valence-electron chi connectivity index (χ1n) is 10.6. The normalized spacial score (nSPS) is 16.3. The van der Waals surface area contributed by atoms with Crippen molar-refractivity contribution in [1.82, 2.24) is 19.8 Å². The molecule has 1 fully saturated rings. The summed E-state index contributed by atoms with van der Waals surface area (Å²) in [5.74, 6) is 1.39. The van der Waals surface area contributed by atoms with Crippen molar-refractivity contribution in [3.05, 3.63) is 65.9 Å². The van der Waals surface area contributed by atoms with Gasteiger partial charge in [-0.1, -0.05) is 18.2 Å². The first-order chi connectivity index (χ1) is 16.1. The average Bonchev–Trinajstić information content (AvgIpc) is 2.87. The lowest BCUT2D eigenvalue weighted by Gasteiger charge is -2.35. The van der Waals surface area contributed by atoms with Crippen molar-refractivity contribution in [1.29, 1.82) is 5.26 Å². The number of anilines is 1. The van der Waals surface area contributed by atoms with E-state index in [0.29, 0.717) is 55.5 Å². The summed E-state index contributed by atoms with van der Waals surface area (Å²) < 4.78 is 0. The second-order valence-electron chi connectivity index (χ2n) is 7.56. The van der Waals surface area contributed by atoms with E-state index in [1.165, 1.54) is 0 Å². The Labute approximate surface area is 192 Å². The molecule has 2 aromatic rings. The van der Waals surface area contributed by atoms with E-state index in [9.17, 15) is 10.1 Å². The molecule has 9 heteroatoms. The lowest BCUT2D eigenvalue weighted by molar-refractivity contribution is -0.129. The van der Waals surface area contributed by atoms with Gasteiger partial charge in [0.15, 0.2) is 5.82 Å². The summed E-state index contributed by atoms with van der Waals surface area (Å²) >= 11 is 0. The lowest BCUT2D eigenvalue weighted by atomic mass is 10.1. The Balaban J connectivity index is 1.62. The zero-order valence-electron chi connectivity index (χ0n) is 18.4. The summed E-state index contributed by atoms with van der Waals surface area (Å²) in [5, 5.41) is 9.46. The van der Waals surface area contributed by atoms with Crippen molar-refractivity contribution >= 4 is 36.1 Å². The van der Waals surface area contributed by atoms with Gasteiger partial charge in [-0.3, -0.25) is 14.8 Å². The molecule has 9 nitrogen and oxygen atoms in total. The van der Waals surface area contributed by atoms with E-state index in [2.05, 4.69) is 32.7 Å². The maximum absolute atomic E-state index is 11.6. The predicted molar refractivity (Wildman–Crippen MR) is 128 cm³/mol. The largest absolute Gasteiger partial charge is 0.353 e. The van der Waals surface area contributed by atoms with E-state index >= 15 is 0 Å². The highest BCUT2D eigenvalue weighted by Gasteiger charge is 2.22. The quantitative estimate of drug-likeness (QED) is 0.662. The highest BCUT2D eigenvalue weighted by molar-refractivity contribution is 5.82. The van der Waals surface area contributed by atoms with Gasteiger partial charge >= 0.3 is 0 Å². The molecule has 0 unspecified atom stereocenters. The monoisotopic (exact) mass is 440 g/mol. The van der Waals surface area contributed by atoms with Crippen LogP contribution in [0.3, 0.4) is 0 Å². The van der Waals surface area contributed by atoms with Gasteiger partial charge in [0.25, 0.3) is 0 Å². The number of aliphatic imine (C=N–C) groups is 2. The van der Waals surface area contributed by atoms with E-state index in [4.69, 9.17) is 4.98 Å². The molecule has 2 aliphatic rings. The zero-order valence-corrected chi connectivity index (χ0v) is 18.4. The first-order valence-corrected chi connectivity index (χ1v) is 10.6. The van der Waals surface area contributed by atoms with Crippen LogP contribution in [-0.4, -0.2) is 71.3 Å². The fourth-order valence-electron chi connectivity index (χ4n) is 3.82. The van der Waals surface area contributed by atoms with E-state index < -0.39 is 0 Å². The predicted octanol–water partition coefficient (Wildman–Crippen LogP) is 2.40. The van der Waals surface area contributed by atoms with Gasteiger partial charge in [0.2, 0.25) is 5.91 Å². The van der Waals surface area contributed by atoms with Crippen LogP contribution in [-0.2, 0) is 4.79 Å². The number of nitriles is 1. The Bertz CT molecular complexity index is 1180. The molecule has 1 aromatic heterocycles. The molecule has 0 bridgehead atoms. The fourth-order valence-corrected chi connectivity index (χ4v) is 3.82. The van der Waals surface area contributed by atoms with Gasteiger partial charge in [-0.05, 0) is 18.9 Å². The van der Waals surface area contributed by atoms with Crippen LogP contribution >= 0.6 is 0 Å². The number of aromatic nitrogens is 2. The van der Waals surface area contributed by atoms with E-state index in [1.807, 2.05) is 40.3 Å². The molecule has 4 rings (SSSR count). The molecule has 33 heavy (non-hydrogen) atoms. The van der Waals surface area contributed by atoms with Gasteiger partial charge in [0.1, 0.15) is 11.5 Å². The van der Waals surface area contributed by atoms with Crippen LogP contribution in [0.25, 0.3) is 11.4 Å². The van der Waals surface area contributed by atoms with Crippen LogP contribution in [0, 0.1) is 11.3 Å². The number of carbonyl (C=O) groups is 1. The minimum atomic E-state index is 0.0904. The summed E-state index contributed by atoms with van der Waals surface area (Å²) in [6.45, 7) is 8.45.